The molecule has 0 spiro atoms. The van der Waals surface area contributed by atoms with Crippen LogP contribution < -0.4 is 10.6 Å². The molecule has 0 radical (unpaired) electrons. The van der Waals surface area contributed by atoms with Crippen molar-refractivity contribution >= 4 is 5.91 Å². The van der Waals surface area contributed by atoms with Gasteiger partial charge in [-0.1, -0.05) is 23.8 Å². The molecule has 0 heterocycles. The molecule has 0 aliphatic carbocycles. The lowest BCUT2D eigenvalue weighted by Crippen LogP contribution is -2.33. The van der Waals surface area contributed by atoms with Gasteiger partial charge in [-0.25, -0.2) is 0 Å². The summed E-state index contributed by atoms with van der Waals surface area (Å²) in [4.78, 5) is 11.2. The van der Waals surface area contributed by atoms with Crippen LogP contribution in [-0.2, 0) is 11.3 Å². The fourth-order valence-corrected chi connectivity index (χ4v) is 1.56. The quantitative estimate of drug-likeness (QED) is 0.790. The highest BCUT2D eigenvalue weighted by Crippen LogP contribution is 2.09. The molecule has 2 N–H and O–H groups in total. The molecule has 1 aromatic rings. The first kappa shape index (κ1) is 12.7. The fraction of sp³-hybridized carbons (Fsp3) is 0.462. The first-order valence-corrected chi connectivity index (χ1v) is 5.67. The SMILES string of the molecule is CCNC(=O)CNCc1cc(C)ccc1C. The van der Waals surface area contributed by atoms with Crippen molar-refractivity contribution in [1.82, 2.24) is 10.6 Å². The van der Waals surface area contributed by atoms with Gasteiger partial charge in [-0.3, -0.25) is 4.79 Å². The zero-order valence-corrected chi connectivity index (χ0v) is 10.3. The van der Waals surface area contributed by atoms with Crippen LogP contribution in [0.1, 0.15) is 23.6 Å². The Morgan fingerprint density at radius 2 is 2.06 bits per heavy atom. The third-order valence-electron chi connectivity index (χ3n) is 2.48. The number of carbonyl (C=O) groups excluding carboxylic acids is 1. The predicted octanol–water partition coefficient (Wildman–Crippen LogP) is 1.53. The molecule has 88 valence electrons. The van der Waals surface area contributed by atoms with Crippen LogP contribution in [0.3, 0.4) is 0 Å². The van der Waals surface area contributed by atoms with Crippen LogP contribution in [0, 0.1) is 13.8 Å². The molecule has 0 bridgehead atoms. The van der Waals surface area contributed by atoms with Crippen LogP contribution in [0.4, 0.5) is 0 Å². The van der Waals surface area contributed by atoms with E-state index in [9.17, 15) is 4.79 Å². The van der Waals surface area contributed by atoms with E-state index in [0.717, 1.165) is 6.54 Å². The first-order chi connectivity index (χ1) is 7.63. The van der Waals surface area contributed by atoms with Gasteiger partial charge in [0.05, 0.1) is 6.54 Å². The van der Waals surface area contributed by atoms with Crippen LogP contribution in [-0.4, -0.2) is 19.0 Å². The Hall–Kier alpha value is -1.35. The molecular weight excluding hydrogens is 200 g/mol. The van der Waals surface area contributed by atoms with Crippen LogP contribution in [0.25, 0.3) is 0 Å². The lowest BCUT2D eigenvalue weighted by atomic mass is 10.1. The smallest absolute Gasteiger partial charge is 0.233 e. The lowest BCUT2D eigenvalue weighted by Gasteiger charge is -2.08. The van der Waals surface area contributed by atoms with Crippen molar-refractivity contribution in [1.29, 1.82) is 0 Å². The van der Waals surface area contributed by atoms with Gasteiger partial charge in [0.2, 0.25) is 5.91 Å². The average molecular weight is 220 g/mol. The maximum atomic E-state index is 11.2. The molecule has 0 aliphatic heterocycles. The van der Waals surface area contributed by atoms with E-state index in [-0.39, 0.29) is 5.91 Å². The standard InChI is InChI=1S/C13H20N2O/c1-4-15-13(16)9-14-8-12-7-10(2)5-6-11(12)3/h5-7,14H,4,8-9H2,1-3H3,(H,15,16). The van der Waals surface area contributed by atoms with Gasteiger partial charge in [0.25, 0.3) is 0 Å². The van der Waals surface area contributed by atoms with E-state index in [2.05, 4.69) is 42.7 Å². The highest BCUT2D eigenvalue weighted by Gasteiger charge is 2.01. The van der Waals surface area contributed by atoms with Gasteiger partial charge >= 0.3 is 0 Å². The average Bonchev–Trinajstić information content (AvgIpc) is 2.23. The van der Waals surface area contributed by atoms with Gasteiger partial charge in [-0.15, -0.1) is 0 Å². The number of benzene rings is 1. The molecule has 0 unspecified atom stereocenters. The third-order valence-corrected chi connectivity index (χ3v) is 2.48. The molecule has 1 aromatic carbocycles. The molecule has 0 saturated carbocycles. The minimum absolute atomic E-state index is 0.0489. The Balaban J connectivity index is 2.42. The molecule has 0 atom stereocenters. The largest absolute Gasteiger partial charge is 0.355 e. The number of nitrogens with one attached hydrogen (secondary N) is 2. The van der Waals surface area contributed by atoms with Gasteiger partial charge in [0, 0.05) is 13.1 Å². The molecule has 3 nitrogen and oxygen atoms in total. The number of carbonyl (C=O) groups is 1. The highest BCUT2D eigenvalue weighted by molar-refractivity contribution is 5.77. The maximum Gasteiger partial charge on any atom is 0.233 e. The highest BCUT2D eigenvalue weighted by atomic mass is 16.1. The van der Waals surface area contributed by atoms with Gasteiger partial charge < -0.3 is 10.6 Å². The van der Waals surface area contributed by atoms with Crippen molar-refractivity contribution in [3.05, 3.63) is 34.9 Å². The molecule has 1 rings (SSSR count). The molecule has 3 heteroatoms. The summed E-state index contributed by atoms with van der Waals surface area (Å²) in [6.07, 6.45) is 0. The summed E-state index contributed by atoms with van der Waals surface area (Å²) < 4.78 is 0. The zero-order chi connectivity index (χ0) is 12.0. The molecule has 0 saturated heterocycles. The second-order valence-electron chi connectivity index (χ2n) is 3.99. The summed E-state index contributed by atoms with van der Waals surface area (Å²) in [5, 5.41) is 5.90. The van der Waals surface area contributed by atoms with Crippen LogP contribution in [0.2, 0.25) is 0 Å². The monoisotopic (exact) mass is 220 g/mol. The zero-order valence-electron chi connectivity index (χ0n) is 10.3. The molecule has 0 aliphatic rings. The Morgan fingerprint density at radius 1 is 1.31 bits per heavy atom. The summed E-state index contributed by atoms with van der Waals surface area (Å²) in [5.41, 5.74) is 3.76. The minimum Gasteiger partial charge on any atom is -0.355 e. The van der Waals surface area contributed by atoms with E-state index in [4.69, 9.17) is 0 Å². The topological polar surface area (TPSA) is 41.1 Å². The van der Waals surface area contributed by atoms with Crippen molar-refractivity contribution in [2.45, 2.75) is 27.3 Å². The Morgan fingerprint density at radius 3 is 2.75 bits per heavy atom. The number of aryl methyl sites for hydroxylation is 2. The van der Waals surface area contributed by atoms with Gasteiger partial charge in [0.1, 0.15) is 0 Å². The van der Waals surface area contributed by atoms with Crippen molar-refractivity contribution in [3.63, 3.8) is 0 Å². The summed E-state index contributed by atoms with van der Waals surface area (Å²) in [5.74, 6) is 0.0489. The van der Waals surface area contributed by atoms with E-state index in [1.165, 1.54) is 16.7 Å². The third kappa shape index (κ3) is 4.03. The summed E-state index contributed by atoms with van der Waals surface area (Å²) >= 11 is 0. The Bertz CT molecular complexity index is 361. The van der Waals surface area contributed by atoms with Crippen molar-refractivity contribution < 1.29 is 4.79 Å². The summed E-state index contributed by atoms with van der Waals surface area (Å²) in [6, 6.07) is 6.36. The van der Waals surface area contributed by atoms with Crippen molar-refractivity contribution in [3.8, 4) is 0 Å². The van der Waals surface area contributed by atoms with Crippen LogP contribution in [0.15, 0.2) is 18.2 Å². The molecular formula is C13H20N2O. The van der Waals surface area contributed by atoms with E-state index in [1.807, 2.05) is 6.92 Å². The summed E-state index contributed by atoms with van der Waals surface area (Å²) in [7, 11) is 0. The molecule has 1 amide bonds. The Kier molecular flexibility index (Phi) is 4.99. The maximum absolute atomic E-state index is 11.2. The number of rotatable bonds is 5. The van der Waals surface area contributed by atoms with Crippen molar-refractivity contribution in [2.24, 2.45) is 0 Å². The van der Waals surface area contributed by atoms with Crippen LogP contribution in [0.5, 0.6) is 0 Å². The summed E-state index contributed by atoms with van der Waals surface area (Å²) in [6.45, 7) is 7.88. The molecule has 0 aromatic heterocycles. The lowest BCUT2D eigenvalue weighted by molar-refractivity contribution is -0.120. The second kappa shape index (κ2) is 6.28. The predicted molar refractivity (Wildman–Crippen MR) is 66.3 cm³/mol. The van der Waals surface area contributed by atoms with Gasteiger partial charge in [-0.2, -0.15) is 0 Å². The molecule has 16 heavy (non-hydrogen) atoms. The Labute approximate surface area is 97.2 Å². The van der Waals surface area contributed by atoms with Gasteiger partial charge in [-0.05, 0) is 31.9 Å². The normalized spacial score (nSPS) is 10.2. The second-order valence-corrected chi connectivity index (χ2v) is 3.99. The molecule has 0 fully saturated rings. The van der Waals surface area contributed by atoms with E-state index in [0.29, 0.717) is 13.1 Å². The van der Waals surface area contributed by atoms with E-state index in [1.54, 1.807) is 0 Å². The fourth-order valence-electron chi connectivity index (χ4n) is 1.56. The first-order valence-electron chi connectivity index (χ1n) is 5.67. The number of hydrogen-bond donors (Lipinski definition) is 2. The van der Waals surface area contributed by atoms with Crippen molar-refractivity contribution in [2.75, 3.05) is 13.1 Å². The number of amides is 1. The van der Waals surface area contributed by atoms with E-state index < -0.39 is 0 Å². The number of likely N-dealkylation sites (N-methyl/N-ethyl adjacent to an activating group) is 1. The van der Waals surface area contributed by atoms with Gasteiger partial charge in [0.15, 0.2) is 0 Å². The van der Waals surface area contributed by atoms with E-state index >= 15 is 0 Å². The van der Waals surface area contributed by atoms with Crippen LogP contribution >= 0.6 is 0 Å². The number of hydrogen-bond acceptors (Lipinski definition) is 2. The minimum atomic E-state index is 0.0489.